The van der Waals surface area contributed by atoms with Gasteiger partial charge in [-0.15, -0.1) is 0 Å². The van der Waals surface area contributed by atoms with Crippen LogP contribution in [0.25, 0.3) is 0 Å². The van der Waals surface area contributed by atoms with E-state index in [2.05, 4.69) is 13.1 Å². The topological polar surface area (TPSA) is 250 Å². The van der Waals surface area contributed by atoms with Crippen LogP contribution in [0.2, 0.25) is 0 Å². The molecule has 1 rings (SSSR count). The number of ether oxygens (including phenoxy) is 1. The Balaban J connectivity index is 2.51. The van der Waals surface area contributed by atoms with E-state index in [4.69, 9.17) is 25.2 Å². The third-order valence-electron chi connectivity index (χ3n) is 2.43. The van der Waals surface area contributed by atoms with Crippen LogP contribution in [0, 0.1) is 0 Å². The molecule has 16 nitrogen and oxygen atoms in total. The van der Waals surface area contributed by atoms with Crippen molar-refractivity contribution >= 4 is 23.5 Å². The summed E-state index contributed by atoms with van der Waals surface area (Å²) in [7, 11) is -16.3. The summed E-state index contributed by atoms with van der Waals surface area (Å²) < 4.78 is 50.1. The van der Waals surface area contributed by atoms with E-state index in [9.17, 15) is 28.2 Å². The van der Waals surface area contributed by atoms with Gasteiger partial charge in [0.2, 0.25) is 0 Å². The van der Waals surface area contributed by atoms with Crippen molar-refractivity contribution in [3.63, 3.8) is 0 Å². The van der Waals surface area contributed by atoms with Crippen molar-refractivity contribution in [1.82, 2.24) is 9.55 Å². The van der Waals surface area contributed by atoms with Gasteiger partial charge in [0.15, 0.2) is 0 Å². The van der Waals surface area contributed by atoms with E-state index in [0.717, 1.165) is 10.8 Å². The van der Waals surface area contributed by atoms with Crippen molar-refractivity contribution in [2.45, 2.75) is 13.3 Å². The van der Waals surface area contributed by atoms with Gasteiger partial charge in [0, 0.05) is 18.3 Å². The van der Waals surface area contributed by atoms with Gasteiger partial charge in [-0.3, -0.25) is 18.9 Å². The fourth-order valence-corrected chi connectivity index (χ4v) is 4.47. The molecular weight excluding hydrogens is 439 g/mol. The monoisotopic (exact) mass is 455 g/mol. The molecule has 7 N–H and O–H groups in total. The van der Waals surface area contributed by atoms with Crippen LogP contribution in [0.4, 0.5) is 0 Å². The van der Waals surface area contributed by atoms with Crippen molar-refractivity contribution < 1.29 is 51.2 Å². The molecule has 0 bridgehead atoms. The number of aromatic nitrogens is 2. The predicted molar refractivity (Wildman–Crippen MR) is 85.0 cm³/mol. The molecule has 0 fully saturated rings. The maximum Gasteiger partial charge on any atom is 0.490 e. The van der Waals surface area contributed by atoms with E-state index >= 15 is 0 Å². The smallest absolute Gasteiger partial charge is 0.358 e. The molecule has 1 aromatic rings. The maximum atomic E-state index is 11.5. The van der Waals surface area contributed by atoms with Crippen molar-refractivity contribution in [1.29, 1.82) is 0 Å². The van der Waals surface area contributed by atoms with E-state index in [0.29, 0.717) is 0 Å². The Kier molecular flexibility index (Phi) is 8.44. The highest BCUT2D eigenvalue weighted by atomic mass is 31.3. The Morgan fingerprint density at radius 1 is 1.04 bits per heavy atom. The zero-order valence-electron chi connectivity index (χ0n) is 13.2. The molecule has 0 aromatic carbocycles. The lowest BCUT2D eigenvalue weighted by Gasteiger charge is -2.16. The van der Waals surface area contributed by atoms with Crippen LogP contribution in [0.3, 0.4) is 0 Å². The molecule has 0 radical (unpaired) electrons. The summed E-state index contributed by atoms with van der Waals surface area (Å²) in [6.45, 7) is -1.65. The molecule has 156 valence electrons. The first-order valence-electron chi connectivity index (χ1n) is 6.63. The highest BCUT2D eigenvalue weighted by Crippen LogP contribution is 2.66. The number of hydrogen-bond donors (Lipinski definition) is 6. The number of phosphoric ester groups is 1. The average molecular weight is 455 g/mol. The number of phosphoric acid groups is 3. The van der Waals surface area contributed by atoms with Gasteiger partial charge in [-0.1, -0.05) is 0 Å². The van der Waals surface area contributed by atoms with Crippen molar-refractivity contribution in [3.05, 3.63) is 32.6 Å². The highest BCUT2D eigenvalue weighted by Gasteiger charge is 2.40. The average Bonchev–Trinajstić information content (AvgIpc) is 2.44. The Bertz CT molecular complexity index is 903. The standard InChI is InChI=1S/C8H16N3O13P3/c9-3-6-4-11(8(13)10-7(6)12)5-21-1-2-22-26(17,18)24-27(19,20)23-25(14,15)16/h4H,1-3,5,9H2,(H,17,18)(H,19,20)(H,10,12,13)(H2,14,15,16). The van der Waals surface area contributed by atoms with Crippen LogP contribution in [0.1, 0.15) is 5.56 Å². The molecule has 0 spiro atoms. The van der Waals surface area contributed by atoms with Gasteiger partial charge in [-0.05, 0) is 0 Å². The Labute approximate surface area is 149 Å². The minimum Gasteiger partial charge on any atom is -0.358 e. The lowest BCUT2D eigenvalue weighted by molar-refractivity contribution is 0.0431. The molecule has 0 aliphatic heterocycles. The molecule has 0 aliphatic carbocycles. The van der Waals surface area contributed by atoms with E-state index in [1.54, 1.807) is 0 Å². The summed E-state index contributed by atoms with van der Waals surface area (Å²) >= 11 is 0. The summed E-state index contributed by atoms with van der Waals surface area (Å²) in [5.74, 6) is 0. The fraction of sp³-hybridized carbons (Fsp3) is 0.500. The summed E-state index contributed by atoms with van der Waals surface area (Å²) in [5, 5.41) is 0. The molecule has 27 heavy (non-hydrogen) atoms. The second-order valence-electron chi connectivity index (χ2n) is 4.55. The number of rotatable bonds is 11. The predicted octanol–water partition coefficient (Wildman–Crippen LogP) is -1.69. The Morgan fingerprint density at radius 2 is 1.67 bits per heavy atom. The van der Waals surface area contributed by atoms with E-state index < -0.39 is 54.7 Å². The van der Waals surface area contributed by atoms with E-state index in [-0.39, 0.29) is 12.1 Å². The molecule has 1 aromatic heterocycles. The molecule has 0 saturated carbocycles. The Morgan fingerprint density at radius 3 is 2.22 bits per heavy atom. The van der Waals surface area contributed by atoms with Gasteiger partial charge < -0.3 is 30.0 Å². The molecule has 0 amide bonds. The van der Waals surface area contributed by atoms with E-state index in [1.165, 1.54) is 0 Å². The highest BCUT2D eigenvalue weighted by molar-refractivity contribution is 7.66. The molecule has 0 aliphatic rings. The largest absolute Gasteiger partial charge is 0.490 e. The Hall–Kier alpha value is -0.990. The summed E-state index contributed by atoms with van der Waals surface area (Å²) in [5.41, 5.74) is 3.95. The second-order valence-corrected chi connectivity index (χ2v) is 8.97. The molecular formula is C8H16N3O13P3. The fourth-order valence-electron chi connectivity index (χ4n) is 1.47. The SMILES string of the molecule is NCc1cn(COCCOP(=O)(O)OP(=O)(O)OP(=O)(O)O)c(=O)[nH]c1=O. The zero-order chi connectivity index (χ0) is 20.9. The van der Waals surface area contributed by atoms with Crippen molar-refractivity contribution in [2.24, 2.45) is 5.73 Å². The quantitative estimate of drug-likeness (QED) is 0.161. The number of nitrogens with two attached hydrogens (primary N) is 1. The zero-order valence-corrected chi connectivity index (χ0v) is 15.9. The first kappa shape index (κ1) is 24.0. The first-order chi connectivity index (χ1) is 12.2. The van der Waals surface area contributed by atoms with Crippen molar-refractivity contribution in [2.75, 3.05) is 13.2 Å². The molecule has 19 heteroatoms. The number of nitrogens with zero attached hydrogens (tertiary/aromatic N) is 1. The lowest BCUT2D eigenvalue weighted by atomic mass is 10.3. The van der Waals surface area contributed by atoms with Crippen LogP contribution in [-0.4, -0.2) is 42.3 Å². The third-order valence-corrected chi connectivity index (χ3v) is 6.27. The van der Waals surface area contributed by atoms with Gasteiger partial charge in [0.05, 0.1) is 13.2 Å². The van der Waals surface area contributed by atoms with Gasteiger partial charge in [0.1, 0.15) is 6.73 Å². The van der Waals surface area contributed by atoms with E-state index in [1.807, 2.05) is 4.98 Å². The van der Waals surface area contributed by atoms with Gasteiger partial charge in [0.25, 0.3) is 5.56 Å². The second kappa shape index (κ2) is 9.47. The van der Waals surface area contributed by atoms with Crippen LogP contribution in [0.15, 0.2) is 15.8 Å². The van der Waals surface area contributed by atoms with Crippen LogP contribution in [-0.2, 0) is 44.9 Å². The number of nitrogens with one attached hydrogen (secondary N) is 1. The first-order valence-corrected chi connectivity index (χ1v) is 11.2. The molecule has 0 saturated heterocycles. The minimum absolute atomic E-state index is 0.103. The third kappa shape index (κ3) is 9.17. The normalized spacial score (nSPS) is 16.6. The molecule has 2 atom stereocenters. The van der Waals surface area contributed by atoms with Gasteiger partial charge >= 0.3 is 29.2 Å². The maximum absolute atomic E-state index is 11.5. The molecule has 2 unspecified atom stereocenters. The van der Waals surface area contributed by atoms with Crippen LogP contribution < -0.4 is 17.0 Å². The van der Waals surface area contributed by atoms with Crippen molar-refractivity contribution in [3.8, 4) is 0 Å². The van der Waals surface area contributed by atoms with Crippen LogP contribution >= 0.6 is 23.5 Å². The minimum atomic E-state index is -5.59. The van der Waals surface area contributed by atoms with Gasteiger partial charge in [-0.2, -0.15) is 8.62 Å². The summed E-state index contributed by atoms with van der Waals surface area (Å²) in [6.07, 6.45) is 1.14. The summed E-state index contributed by atoms with van der Waals surface area (Å²) in [4.78, 5) is 59.7. The lowest BCUT2D eigenvalue weighted by Crippen LogP contribution is -2.33. The number of H-pyrrole nitrogens is 1. The summed E-state index contributed by atoms with van der Waals surface area (Å²) in [6, 6.07) is 0. The number of aromatic amines is 1. The van der Waals surface area contributed by atoms with Gasteiger partial charge in [-0.25, -0.2) is 18.5 Å². The molecule has 1 heterocycles. The number of hydrogen-bond acceptors (Lipinski definition) is 10. The van der Waals surface area contributed by atoms with Crippen LogP contribution in [0.5, 0.6) is 0 Å².